The molecule has 0 aliphatic carbocycles. The molecule has 4 rings (SSSR count). The zero-order chi connectivity index (χ0) is 19.7. The summed E-state index contributed by atoms with van der Waals surface area (Å²) >= 11 is 0. The predicted molar refractivity (Wildman–Crippen MR) is 104 cm³/mol. The third-order valence-electron chi connectivity index (χ3n) is 4.94. The fourth-order valence-corrected chi connectivity index (χ4v) is 4.53. The van der Waals surface area contributed by atoms with Crippen LogP contribution in [0.15, 0.2) is 47.4 Å². The van der Waals surface area contributed by atoms with Crippen molar-refractivity contribution in [3.05, 3.63) is 48.0 Å². The normalized spacial score (nSPS) is 19.1. The molecule has 0 saturated carbocycles. The van der Waals surface area contributed by atoms with E-state index in [1.807, 2.05) is 31.2 Å². The summed E-state index contributed by atoms with van der Waals surface area (Å²) in [7, 11) is -3.70. The van der Waals surface area contributed by atoms with E-state index in [0.717, 1.165) is 11.3 Å². The van der Waals surface area contributed by atoms with Crippen LogP contribution in [0.1, 0.15) is 12.0 Å². The summed E-state index contributed by atoms with van der Waals surface area (Å²) in [6.07, 6.45) is 0.317. The van der Waals surface area contributed by atoms with E-state index in [2.05, 4.69) is 4.72 Å². The molecule has 1 saturated heterocycles. The van der Waals surface area contributed by atoms with Crippen LogP contribution < -0.4 is 19.1 Å². The van der Waals surface area contributed by atoms with E-state index in [4.69, 9.17) is 9.47 Å². The molecular formula is C20H22N2O5S. The number of anilines is 1. The summed E-state index contributed by atoms with van der Waals surface area (Å²) in [5.74, 6) is 0.893. The largest absolute Gasteiger partial charge is 0.486 e. The Bertz CT molecular complexity index is 988. The highest BCUT2D eigenvalue weighted by Crippen LogP contribution is 2.32. The molecule has 0 radical (unpaired) electrons. The van der Waals surface area contributed by atoms with Crippen LogP contribution in [0.3, 0.4) is 0 Å². The number of benzene rings is 2. The minimum atomic E-state index is -3.70. The molecule has 1 N–H and O–H groups in total. The van der Waals surface area contributed by atoms with Gasteiger partial charge in [0.05, 0.1) is 4.90 Å². The van der Waals surface area contributed by atoms with E-state index in [0.29, 0.717) is 37.7 Å². The molecule has 2 aliphatic rings. The number of amides is 1. The summed E-state index contributed by atoms with van der Waals surface area (Å²) in [6.45, 7) is 3.52. The highest BCUT2D eigenvalue weighted by molar-refractivity contribution is 7.89. The molecule has 1 atom stereocenters. The second kappa shape index (κ2) is 7.44. The molecule has 0 bridgehead atoms. The van der Waals surface area contributed by atoms with Crippen LogP contribution in [0.4, 0.5) is 5.69 Å². The Kier molecular flexibility index (Phi) is 4.99. The maximum Gasteiger partial charge on any atom is 0.240 e. The summed E-state index contributed by atoms with van der Waals surface area (Å²) in [6, 6.07) is 12.3. The first-order valence-corrected chi connectivity index (χ1v) is 10.7. The molecule has 2 aromatic rings. The van der Waals surface area contributed by atoms with Gasteiger partial charge in [0.15, 0.2) is 11.5 Å². The second-order valence-electron chi connectivity index (χ2n) is 7.07. The quantitative estimate of drug-likeness (QED) is 0.828. The van der Waals surface area contributed by atoms with Gasteiger partial charge < -0.3 is 14.4 Å². The van der Waals surface area contributed by atoms with Gasteiger partial charge in [-0.1, -0.05) is 17.7 Å². The molecule has 28 heavy (non-hydrogen) atoms. The minimum absolute atomic E-state index is 0.00683. The molecule has 1 amide bonds. The Labute approximate surface area is 164 Å². The fourth-order valence-electron chi connectivity index (χ4n) is 3.39. The molecule has 148 valence electrons. The first-order chi connectivity index (χ1) is 13.4. The third-order valence-corrected chi connectivity index (χ3v) is 6.36. The lowest BCUT2D eigenvalue weighted by Gasteiger charge is -2.19. The second-order valence-corrected chi connectivity index (χ2v) is 8.83. The Morgan fingerprint density at radius 1 is 1.07 bits per heavy atom. The number of nitrogens with zero attached hydrogens (tertiary/aromatic N) is 1. The number of hydrogen-bond acceptors (Lipinski definition) is 5. The highest BCUT2D eigenvalue weighted by atomic mass is 32.2. The smallest absolute Gasteiger partial charge is 0.240 e. The van der Waals surface area contributed by atoms with Crippen molar-refractivity contribution in [1.29, 1.82) is 0 Å². The fraction of sp³-hybridized carbons (Fsp3) is 0.350. The van der Waals surface area contributed by atoms with Crippen molar-refractivity contribution in [3.8, 4) is 11.5 Å². The van der Waals surface area contributed by atoms with Gasteiger partial charge in [0.2, 0.25) is 15.9 Å². The highest BCUT2D eigenvalue weighted by Gasteiger charge is 2.31. The van der Waals surface area contributed by atoms with Crippen LogP contribution in [0.25, 0.3) is 0 Å². The number of carbonyl (C=O) groups is 1. The van der Waals surface area contributed by atoms with Crippen LogP contribution in [0.2, 0.25) is 0 Å². The van der Waals surface area contributed by atoms with Crippen LogP contribution in [0.5, 0.6) is 11.5 Å². The first-order valence-electron chi connectivity index (χ1n) is 9.19. The van der Waals surface area contributed by atoms with Crippen LogP contribution in [0, 0.1) is 12.8 Å². The van der Waals surface area contributed by atoms with Gasteiger partial charge in [-0.05, 0) is 37.1 Å². The number of ether oxygens (including phenoxy) is 2. The monoisotopic (exact) mass is 402 g/mol. The number of fused-ring (bicyclic) bond motifs is 1. The minimum Gasteiger partial charge on any atom is -0.486 e. The summed E-state index contributed by atoms with van der Waals surface area (Å²) in [5.41, 5.74) is 1.96. The van der Waals surface area contributed by atoms with E-state index in [9.17, 15) is 13.2 Å². The van der Waals surface area contributed by atoms with Crippen molar-refractivity contribution in [2.24, 2.45) is 5.92 Å². The average molecular weight is 402 g/mol. The van der Waals surface area contributed by atoms with E-state index in [-0.39, 0.29) is 23.3 Å². The van der Waals surface area contributed by atoms with Gasteiger partial charge in [-0.15, -0.1) is 0 Å². The Morgan fingerprint density at radius 3 is 2.54 bits per heavy atom. The number of carbonyl (C=O) groups excluding carboxylic acids is 1. The third kappa shape index (κ3) is 3.83. The van der Waals surface area contributed by atoms with Gasteiger partial charge in [0, 0.05) is 31.3 Å². The predicted octanol–water partition coefficient (Wildman–Crippen LogP) is 2.10. The SMILES string of the molecule is Cc1ccc(N2CC(CNS(=O)(=O)c3ccc4c(c3)OCCO4)CC2=O)cc1. The summed E-state index contributed by atoms with van der Waals surface area (Å²) < 4.78 is 38.8. The maximum absolute atomic E-state index is 12.6. The van der Waals surface area contributed by atoms with Crippen LogP contribution >= 0.6 is 0 Å². The topological polar surface area (TPSA) is 84.9 Å². The van der Waals surface area contributed by atoms with Gasteiger partial charge in [0.25, 0.3) is 0 Å². The zero-order valence-corrected chi connectivity index (χ0v) is 16.4. The lowest BCUT2D eigenvalue weighted by molar-refractivity contribution is -0.117. The number of sulfonamides is 1. The van der Waals surface area contributed by atoms with Crippen molar-refractivity contribution in [2.75, 3.05) is 31.2 Å². The van der Waals surface area contributed by atoms with Crippen molar-refractivity contribution in [3.63, 3.8) is 0 Å². The van der Waals surface area contributed by atoms with Crippen molar-refractivity contribution >= 4 is 21.6 Å². The molecule has 2 heterocycles. The van der Waals surface area contributed by atoms with Crippen molar-refractivity contribution in [1.82, 2.24) is 4.72 Å². The molecule has 1 unspecified atom stereocenters. The molecule has 1 fully saturated rings. The first kappa shape index (κ1) is 18.8. The van der Waals surface area contributed by atoms with E-state index >= 15 is 0 Å². The Balaban J connectivity index is 1.41. The summed E-state index contributed by atoms with van der Waals surface area (Å²) in [5, 5.41) is 0. The van der Waals surface area contributed by atoms with Gasteiger partial charge >= 0.3 is 0 Å². The molecule has 8 heteroatoms. The van der Waals surface area contributed by atoms with E-state index in [1.165, 1.54) is 12.1 Å². The number of rotatable bonds is 5. The average Bonchev–Trinajstić information content (AvgIpc) is 3.07. The van der Waals surface area contributed by atoms with E-state index < -0.39 is 10.0 Å². The number of nitrogens with one attached hydrogen (secondary N) is 1. The van der Waals surface area contributed by atoms with Gasteiger partial charge in [0.1, 0.15) is 13.2 Å². The van der Waals surface area contributed by atoms with Gasteiger partial charge in [-0.25, -0.2) is 13.1 Å². The molecule has 0 aromatic heterocycles. The molecular weight excluding hydrogens is 380 g/mol. The van der Waals surface area contributed by atoms with Gasteiger partial charge in [-0.2, -0.15) is 0 Å². The number of aryl methyl sites for hydroxylation is 1. The van der Waals surface area contributed by atoms with Gasteiger partial charge in [-0.3, -0.25) is 4.79 Å². The molecule has 2 aliphatic heterocycles. The molecule has 7 nitrogen and oxygen atoms in total. The van der Waals surface area contributed by atoms with Crippen LogP contribution in [-0.2, 0) is 14.8 Å². The van der Waals surface area contributed by atoms with E-state index in [1.54, 1.807) is 11.0 Å². The van der Waals surface area contributed by atoms with Crippen molar-refractivity contribution in [2.45, 2.75) is 18.2 Å². The van der Waals surface area contributed by atoms with Crippen molar-refractivity contribution < 1.29 is 22.7 Å². The lowest BCUT2D eigenvalue weighted by Crippen LogP contribution is -2.31. The molecule has 0 spiro atoms. The van der Waals surface area contributed by atoms with Crippen LogP contribution in [-0.4, -0.2) is 40.6 Å². The molecule has 2 aromatic carbocycles. The zero-order valence-electron chi connectivity index (χ0n) is 15.6. The number of hydrogen-bond donors (Lipinski definition) is 1. The standard InChI is InChI=1S/C20H22N2O5S/c1-14-2-4-16(5-3-14)22-13-15(10-20(22)23)12-21-28(24,25)17-6-7-18-19(11-17)27-9-8-26-18/h2-7,11,15,21H,8-10,12-13H2,1H3. The Hall–Kier alpha value is -2.58. The lowest BCUT2D eigenvalue weighted by atomic mass is 10.1. The maximum atomic E-state index is 12.6. The Morgan fingerprint density at radius 2 is 1.79 bits per heavy atom. The summed E-state index contributed by atoms with van der Waals surface area (Å²) in [4.78, 5) is 14.2.